The van der Waals surface area contributed by atoms with Crippen LogP contribution in [0.2, 0.25) is 0 Å². The van der Waals surface area contributed by atoms with Crippen molar-refractivity contribution in [3.8, 4) is 0 Å². The van der Waals surface area contributed by atoms with E-state index in [1.807, 2.05) is 0 Å². The molecule has 3 atom stereocenters. The fourth-order valence-electron chi connectivity index (χ4n) is 9.93. The van der Waals surface area contributed by atoms with Gasteiger partial charge < -0.3 is 20.6 Å². The van der Waals surface area contributed by atoms with E-state index in [9.17, 15) is 20.1 Å². The molecule has 0 aromatic carbocycles. The van der Waals surface area contributed by atoms with Gasteiger partial charge in [0.1, 0.15) is 0 Å². The molecule has 0 saturated carbocycles. The average Bonchev–Trinajstić information content (AvgIpc) is 3.31. The van der Waals surface area contributed by atoms with Crippen molar-refractivity contribution in [2.75, 3.05) is 6.61 Å². The fourth-order valence-corrected chi connectivity index (χ4v) is 9.93. The molecular formula is C61H121NO4. The van der Waals surface area contributed by atoms with Gasteiger partial charge >= 0.3 is 0 Å². The van der Waals surface area contributed by atoms with Gasteiger partial charge in [0, 0.05) is 0 Å². The van der Waals surface area contributed by atoms with Gasteiger partial charge in [-0.15, -0.1) is 0 Å². The summed E-state index contributed by atoms with van der Waals surface area (Å²) >= 11 is 0. The number of nitrogens with one attached hydrogen (secondary N) is 1. The van der Waals surface area contributed by atoms with Gasteiger partial charge in [0.2, 0.25) is 5.91 Å². The van der Waals surface area contributed by atoms with Crippen LogP contribution in [0.4, 0.5) is 0 Å². The highest BCUT2D eigenvalue weighted by atomic mass is 16.3. The van der Waals surface area contributed by atoms with Crippen molar-refractivity contribution < 1.29 is 20.1 Å². The molecule has 5 heteroatoms. The first-order valence-electron chi connectivity index (χ1n) is 30.5. The largest absolute Gasteiger partial charge is 0.394 e. The summed E-state index contributed by atoms with van der Waals surface area (Å²) in [6.45, 7) is 4.31. The zero-order valence-corrected chi connectivity index (χ0v) is 45.1. The lowest BCUT2D eigenvalue weighted by molar-refractivity contribution is -0.125. The molecule has 0 aromatic heterocycles. The Balaban J connectivity index is 3.49. The van der Waals surface area contributed by atoms with Gasteiger partial charge in [0.25, 0.3) is 0 Å². The van der Waals surface area contributed by atoms with Gasteiger partial charge in [0.05, 0.1) is 31.3 Å². The second-order valence-electron chi connectivity index (χ2n) is 21.3. The van der Waals surface area contributed by atoms with E-state index in [4.69, 9.17) is 0 Å². The summed E-state index contributed by atoms with van der Waals surface area (Å²) in [5, 5.41) is 33.7. The molecule has 0 bridgehead atoms. The maximum absolute atomic E-state index is 12.6. The lowest BCUT2D eigenvalue weighted by Crippen LogP contribution is -2.46. The first kappa shape index (κ1) is 65.1. The minimum Gasteiger partial charge on any atom is -0.394 e. The number of rotatable bonds is 57. The molecule has 0 rings (SSSR count). The highest BCUT2D eigenvalue weighted by Crippen LogP contribution is 2.19. The van der Waals surface area contributed by atoms with Gasteiger partial charge in [-0.2, -0.15) is 0 Å². The Kier molecular flexibility index (Phi) is 55.9. The van der Waals surface area contributed by atoms with Crippen LogP contribution in [0.3, 0.4) is 0 Å². The molecule has 0 aromatic rings. The average molecular weight is 933 g/mol. The van der Waals surface area contributed by atoms with E-state index in [1.165, 1.54) is 289 Å². The predicted molar refractivity (Wildman–Crippen MR) is 292 cm³/mol. The van der Waals surface area contributed by atoms with Gasteiger partial charge in [-0.25, -0.2) is 0 Å². The van der Waals surface area contributed by atoms with Crippen LogP contribution in [0, 0.1) is 0 Å². The third-order valence-electron chi connectivity index (χ3n) is 14.6. The number of aliphatic hydroxyl groups is 3. The van der Waals surface area contributed by atoms with Gasteiger partial charge in [0.15, 0.2) is 0 Å². The first-order chi connectivity index (χ1) is 32.5. The summed E-state index contributed by atoms with van der Waals surface area (Å²) in [5.41, 5.74) is 0. The number of allylic oxidation sites excluding steroid dienone is 2. The van der Waals surface area contributed by atoms with Gasteiger partial charge in [-0.05, 0) is 38.5 Å². The molecule has 0 fully saturated rings. The standard InChI is InChI=1S/C61H121NO4/c1-3-5-7-9-11-13-15-17-19-21-23-25-27-29-30-31-32-34-36-38-40-42-44-46-48-50-52-54-58(64)56-61(66)62-59(57-63)60(65)55-53-51-49-47-45-43-41-39-37-35-33-28-26-24-22-20-18-16-14-12-10-8-6-4-2/h29-30,58-60,63-65H,3-28,31-57H2,1-2H3,(H,62,66)/b30-29-. The Labute approximate surface area is 414 Å². The molecule has 1 amide bonds. The van der Waals surface area contributed by atoms with Crippen molar-refractivity contribution in [3.63, 3.8) is 0 Å². The molecule has 0 heterocycles. The van der Waals surface area contributed by atoms with Crippen molar-refractivity contribution in [2.24, 2.45) is 0 Å². The SMILES string of the molecule is CCCCCCCCCCCCCC/C=C\CCCCCCCCCCCCCC(O)CC(=O)NC(CO)C(O)CCCCCCCCCCCCCCCCCCCCCCCCCC. The molecule has 0 aliphatic carbocycles. The summed E-state index contributed by atoms with van der Waals surface area (Å²) in [5.74, 6) is -0.276. The number of carbonyl (C=O) groups is 1. The highest BCUT2D eigenvalue weighted by Gasteiger charge is 2.21. The van der Waals surface area contributed by atoms with Crippen molar-refractivity contribution >= 4 is 5.91 Å². The van der Waals surface area contributed by atoms with Crippen LogP contribution in [-0.4, -0.2) is 46.1 Å². The maximum atomic E-state index is 12.6. The van der Waals surface area contributed by atoms with E-state index >= 15 is 0 Å². The van der Waals surface area contributed by atoms with Crippen LogP contribution >= 0.6 is 0 Å². The summed E-state index contributed by atoms with van der Waals surface area (Å²) < 4.78 is 0. The van der Waals surface area contributed by atoms with E-state index < -0.39 is 18.2 Å². The Hall–Kier alpha value is -0.910. The molecule has 0 aliphatic heterocycles. The van der Waals surface area contributed by atoms with Gasteiger partial charge in [-0.3, -0.25) is 4.79 Å². The second kappa shape index (κ2) is 56.7. The molecule has 4 N–H and O–H groups in total. The van der Waals surface area contributed by atoms with Crippen LogP contribution in [0.25, 0.3) is 0 Å². The predicted octanol–water partition coefficient (Wildman–Crippen LogP) is 19.1. The van der Waals surface area contributed by atoms with E-state index in [0.29, 0.717) is 12.8 Å². The van der Waals surface area contributed by atoms with Crippen molar-refractivity contribution in [1.82, 2.24) is 5.32 Å². The molecule has 66 heavy (non-hydrogen) atoms. The summed E-state index contributed by atoms with van der Waals surface area (Å²) in [6.07, 6.45) is 71.0. The number of hydrogen-bond donors (Lipinski definition) is 4. The minimum atomic E-state index is -0.748. The summed E-state index contributed by atoms with van der Waals surface area (Å²) in [6, 6.07) is -0.657. The molecule has 3 unspecified atom stereocenters. The number of hydrogen-bond acceptors (Lipinski definition) is 4. The van der Waals surface area contributed by atoms with E-state index in [-0.39, 0.29) is 18.9 Å². The minimum absolute atomic E-state index is 0.0401. The fraction of sp³-hybridized carbons (Fsp3) is 0.951. The van der Waals surface area contributed by atoms with Crippen LogP contribution in [0.5, 0.6) is 0 Å². The van der Waals surface area contributed by atoms with Crippen LogP contribution in [-0.2, 0) is 4.79 Å². The smallest absolute Gasteiger partial charge is 0.222 e. The first-order valence-corrected chi connectivity index (χ1v) is 30.5. The number of unbranched alkanes of at least 4 members (excludes halogenated alkanes) is 46. The van der Waals surface area contributed by atoms with Crippen LogP contribution < -0.4 is 5.32 Å². The third kappa shape index (κ3) is 52.5. The van der Waals surface area contributed by atoms with E-state index in [2.05, 4.69) is 31.3 Å². The van der Waals surface area contributed by atoms with E-state index in [1.54, 1.807) is 0 Å². The second-order valence-corrected chi connectivity index (χ2v) is 21.3. The maximum Gasteiger partial charge on any atom is 0.222 e. The third-order valence-corrected chi connectivity index (χ3v) is 14.6. The number of aliphatic hydroxyl groups excluding tert-OH is 3. The molecule has 0 saturated heterocycles. The van der Waals surface area contributed by atoms with Crippen molar-refractivity contribution in [2.45, 2.75) is 366 Å². The van der Waals surface area contributed by atoms with Crippen molar-refractivity contribution in [3.05, 3.63) is 12.2 Å². The van der Waals surface area contributed by atoms with E-state index in [0.717, 1.165) is 25.7 Å². The Morgan fingerprint density at radius 2 is 0.606 bits per heavy atom. The Morgan fingerprint density at radius 3 is 0.879 bits per heavy atom. The molecule has 0 aliphatic rings. The number of carbonyl (C=O) groups excluding carboxylic acids is 1. The molecule has 5 nitrogen and oxygen atoms in total. The summed E-state index contributed by atoms with van der Waals surface area (Å²) in [4.78, 5) is 12.6. The molecule has 0 spiro atoms. The zero-order chi connectivity index (χ0) is 47.9. The Morgan fingerprint density at radius 1 is 0.364 bits per heavy atom. The quantitative estimate of drug-likeness (QED) is 0.0361. The lowest BCUT2D eigenvalue weighted by Gasteiger charge is -2.23. The molecular weight excluding hydrogens is 811 g/mol. The lowest BCUT2D eigenvalue weighted by atomic mass is 10.0. The molecule has 0 radical (unpaired) electrons. The normalized spacial score (nSPS) is 13.2. The monoisotopic (exact) mass is 932 g/mol. The topological polar surface area (TPSA) is 89.8 Å². The van der Waals surface area contributed by atoms with Crippen LogP contribution in [0.1, 0.15) is 348 Å². The molecule has 394 valence electrons. The highest BCUT2D eigenvalue weighted by molar-refractivity contribution is 5.76. The Bertz CT molecular complexity index is 940. The van der Waals surface area contributed by atoms with Crippen LogP contribution in [0.15, 0.2) is 12.2 Å². The number of amides is 1. The summed E-state index contributed by atoms with van der Waals surface area (Å²) in [7, 11) is 0. The van der Waals surface area contributed by atoms with Gasteiger partial charge in [-0.1, -0.05) is 315 Å². The zero-order valence-electron chi connectivity index (χ0n) is 45.1. The van der Waals surface area contributed by atoms with Crippen molar-refractivity contribution in [1.29, 1.82) is 0 Å².